The monoisotopic (exact) mass is 414 g/mol. The molecule has 2 aliphatic heterocycles. The van der Waals surface area contributed by atoms with Gasteiger partial charge in [0.25, 0.3) is 0 Å². The molecule has 7 N–H and O–H groups in total. The second-order valence-corrected chi connectivity index (χ2v) is 7.24. The van der Waals surface area contributed by atoms with Crippen LogP contribution < -0.4 is 0 Å². The molecule has 2 aromatic rings. The Balaban J connectivity index is 1.93. The largest absolute Gasteiger partial charge is 0.492 e. The number of rotatable bonds is 3. The molecule has 0 bridgehead atoms. The molecule has 0 saturated carbocycles. The van der Waals surface area contributed by atoms with E-state index in [0.717, 1.165) is 17.2 Å². The van der Waals surface area contributed by atoms with Gasteiger partial charge in [-0.2, -0.15) is 4.98 Å². The Hall–Kier alpha value is -1.97. The topological polar surface area (TPSA) is 204 Å². The van der Waals surface area contributed by atoms with Crippen LogP contribution in [0.4, 0.5) is 0 Å². The van der Waals surface area contributed by atoms with Gasteiger partial charge in [-0.1, -0.05) is 0 Å². The Kier molecular flexibility index (Phi) is 4.95. The molecule has 4 rings (SSSR count). The SMILES string of the molecule is C[C@@H]1OC([C@@]2(n3cnc4c(O)ncnc43)O[C@H](CO)[C@@H](O)[C@H]2O)[C@H](O)[C@H](O)[C@H]1O. The van der Waals surface area contributed by atoms with E-state index in [0.29, 0.717) is 0 Å². The van der Waals surface area contributed by atoms with Crippen LogP contribution in [-0.4, -0.2) is 111 Å². The average Bonchev–Trinajstić information content (AvgIpc) is 3.25. The highest BCUT2D eigenvalue weighted by Gasteiger charge is 2.65. The molecule has 13 nitrogen and oxygen atoms in total. The van der Waals surface area contributed by atoms with Crippen molar-refractivity contribution in [2.45, 2.75) is 61.5 Å². The number of hydrogen-bond acceptors (Lipinski definition) is 12. The molecule has 2 saturated heterocycles. The molecule has 0 amide bonds. The molecule has 1 unspecified atom stereocenters. The summed E-state index contributed by atoms with van der Waals surface area (Å²) in [6.07, 6.45) is -9.80. The van der Waals surface area contributed by atoms with Crippen LogP contribution in [0, 0.1) is 0 Å². The van der Waals surface area contributed by atoms with Crippen molar-refractivity contribution in [2.24, 2.45) is 0 Å². The fourth-order valence-electron chi connectivity index (χ4n) is 4.02. The molecular weight excluding hydrogens is 392 g/mol. The van der Waals surface area contributed by atoms with Crippen LogP contribution in [0.25, 0.3) is 11.2 Å². The van der Waals surface area contributed by atoms with Crippen LogP contribution in [0.15, 0.2) is 12.7 Å². The van der Waals surface area contributed by atoms with E-state index in [-0.39, 0.29) is 11.2 Å². The van der Waals surface area contributed by atoms with Gasteiger partial charge in [0.15, 0.2) is 11.2 Å². The van der Waals surface area contributed by atoms with Crippen LogP contribution >= 0.6 is 0 Å². The van der Waals surface area contributed by atoms with Crippen LogP contribution in [0.3, 0.4) is 0 Å². The smallest absolute Gasteiger partial charge is 0.242 e. The van der Waals surface area contributed by atoms with Gasteiger partial charge in [-0.15, -0.1) is 0 Å². The van der Waals surface area contributed by atoms with Gasteiger partial charge in [-0.05, 0) is 6.92 Å². The molecule has 0 spiro atoms. The lowest BCUT2D eigenvalue weighted by molar-refractivity contribution is -0.303. The predicted molar refractivity (Wildman–Crippen MR) is 91.3 cm³/mol. The zero-order valence-corrected chi connectivity index (χ0v) is 15.2. The molecule has 13 heteroatoms. The Morgan fingerprint density at radius 1 is 1.03 bits per heavy atom. The number of imidazole rings is 1. The Morgan fingerprint density at radius 2 is 1.76 bits per heavy atom. The van der Waals surface area contributed by atoms with Crippen molar-refractivity contribution in [2.75, 3.05) is 6.61 Å². The zero-order valence-electron chi connectivity index (χ0n) is 15.2. The van der Waals surface area contributed by atoms with Gasteiger partial charge in [0.05, 0.1) is 19.0 Å². The fraction of sp³-hybridized carbons (Fsp3) is 0.688. The molecule has 2 aliphatic rings. The third kappa shape index (κ3) is 2.74. The standard InChI is InChI=1S/C16H22N4O9/c1-5-8(22)10(24)11(25)13(28-5)16(12(26)9(23)6(2-21)29-16)20-4-19-7-14(20)17-3-18-15(7)27/h3-6,8-13,21-26H,2H2,1H3,(H,17,18,27)/t5-,6+,8-,9+,10+,11+,12+,13?,16-/m0/s1. The van der Waals surface area contributed by atoms with E-state index >= 15 is 0 Å². The maximum Gasteiger partial charge on any atom is 0.242 e. The van der Waals surface area contributed by atoms with Gasteiger partial charge < -0.3 is 45.2 Å². The molecular formula is C16H22N4O9. The highest BCUT2D eigenvalue weighted by atomic mass is 16.6. The summed E-state index contributed by atoms with van der Waals surface area (Å²) in [6.45, 7) is 0.776. The van der Waals surface area contributed by atoms with E-state index < -0.39 is 67.0 Å². The zero-order chi connectivity index (χ0) is 21.1. The minimum Gasteiger partial charge on any atom is -0.492 e. The minimum atomic E-state index is -2.11. The lowest BCUT2D eigenvalue weighted by Crippen LogP contribution is -2.67. The van der Waals surface area contributed by atoms with Crippen LogP contribution in [0.5, 0.6) is 5.88 Å². The first-order chi connectivity index (χ1) is 13.7. The molecule has 0 radical (unpaired) electrons. The summed E-state index contributed by atoms with van der Waals surface area (Å²) in [5.41, 5.74) is -2.19. The molecule has 160 valence electrons. The molecule has 0 aromatic carbocycles. The number of aliphatic hydroxyl groups excluding tert-OH is 6. The van der Waals surface area contributed by atoms with Crippen LogP contribution in [0.1, 0.15) is 6.92 Å². The van der Waals surface area contributed by atoms with Crippen molar-refractivity contribution < 1.29 is 45.2 Å². The third-order valence-electron chi connectivity index (χ3n) is 5.60. The van der Waals surface area contributed by atoms with Crippen molar-refractivity contribution in [3.05, 3.63) is 12.7 Å². The molecule has 9 atom stereocenters. The number of aliphatic hydroxyl groups is 6. The van der Waals surface area contributed by atoms with Gasteiger partial charge >= 0.3 is 0 Å². The van der Waals surface area contributed by atoms with E-state index in [1.54, 1.807) is 0 Å². The summed E-state index contributed by atoms with van der Waals surface area (Å²) < 4.78 is 12.6. The fourth-order valence-corrected chi connectivity index (χ4v) is 4.02. The summed E-state index contributed by atoms with van der Waals surface area (Å²) in [4.78, 5) is 11.6. The first-order valence-electron chi connectivity index (χ1n) is 8.96. The van der Waals surface area contributed by atoms with Gasteiger partial charge in [0.1, 0.15) is 49.1 Å². The summed E-state index contributed by atoms with van der Waals surface area (Å²) in [5, 5.41) is 71.8. The second kappa shape index (κ2) is 7.07. The number of ether oxygens (including phenoxy) is 2. The average molecular weight is 414 g/mol. The lowest BCUT2D eigenvalue weighted by Gasteiger charge is -2.48. The van der Waals surface area contributed by atoms with Gasteiger partial charge in [-0.25, -0.2) is 9.97 Å². The van der Waals surface area contributed by atoms with Gasteiger partial charge in [-0.3, -0.25) is 4.57 Å². The van der Waals surface area contributed by atoms with E-state index in [9.17, 15) is 35.7 Å². The number of fused-ring (bicyclic) bond motifs is 1. The maximum absolute atomic E-state index is 10.9. The minimum absolute atomic E-state index is 0.0218. The van der Waals surface area contributed by atoms with Crippen molar-refractivity contribution >= 4 is 11.2 Å². The highest BCUT2D eigenvalue weighted by molar-refractivity contribution is 5.75. The summed E-state index contributed by atoms with van der Waals surface area (Å²) in [7, 11) is 0. The summed E-state index contributed by atoms with van der Waals surface area (Å²) in [6, 6.07) is 0. The van der Waals surface area contributed by atoms with Gasteiger partial charge in [0, 0.05) is 0 Å². The molecule has 2 aromatic heterocycles. The molecule has 0 aliphatic carbocycles. The molecule has 4 heterocycles. The Morgan fingerprint density at radius 3 is 2.41 bits per heavy atom. The van der Waals surface area contributed by atoms with E-state index in [4.69, 9.17) is 9.47 Å². The highest BCUT2D eigenvalue weighted by Crippen LogP contribution is 2.45. The van der Waals surface area contributed by atoms with Crippen molar-refractivity contribution in [1.82, 2.24) is 19.5 Å². The first-order valence-corrected chi connectivity index (χ1v) is 8.96. The Labute approximate surface area is 163 Å². The van der Waals surface area contributed by atoms with Crippen molar-refractivity contribution in [3.8, 4) is 5.88 Å². The summed E-state index contributed by atoms with van der Waals surface area (Å²) in [5.74, 6) is -0.454. The van der Waals surface area contributed by atoms with Crippen molar-refractivity contribution in [3.63, 3.8) is 0 Å². The molecule has 29 heavy (non-hydrogen) atoms. The maximum atomic E-state index is 10.9. The first kappa shape index (κ1) is 20.3. The van der Waals surface area contributed by atoms with Crippen LogP contribution in [0.2, 0.25) is 0 Å². The lowest BCUT2D eigenvalue weighted by atomic mass is 9.86. The molecule has 2 fully saturated rings. The van der Waals surface area contributed by atoms with E-state index in [1.807, 2.05) is 0 Å². The number of hydrogen-bond donors (Lipinski definition) is 7. The third-order valence-corrected chi connectivity index (χ3v) is 5.60. The Bertz CT molecular complexity index is 896. The number of aromatic hydroxyl groups is 1. The second-order valence-electron chi connectivity index (χ2n) is 7.24. The number of aromatic nitrogens is 4. The normalized spacial score (nSPS) is 43.1. The predicted octanol–water partition coefficient (Wildman–Crippen LogP) is -3.83. The van der Waals surface area contributed by atoms with Crippen molar-refractivity contribution in [1.29, 1.82) is 0 Å². The van der Waals surface area contributed by atoms with E-state index in [1.165, 1.54) is 6.92 Å². The van der Waals surface area contributed by atoms with E-state index in [2.05, 4.69) is 15.0 Å². The van der Waals surface area contributed by atoms with Gasteiger partial charge in [0.2, 0.25) is 11.6 Å². The number of nitrogens with zero attached hydrogens (tertiary/aromatic N) is 4. The summed E-state index contributed by atoms with van der Waals surface area (Å²) >= 11 is 0. The van der Waals surface area contributed by atoms with Crippen LogP contribution in [-0.2, 0) is 15.2 Å². The quantitative estimate of drug-likeness (QED) is 0.258.